The maximum atomic E-state index is 13.1. The molecule has 0 radical (unpaired) electrons. The van der Waals surface area contributed by atoms with Crippen molar-refractivity contribution in [2.45, 2.75) is 77.7 Å². The van der Waals surface area contributed by atoms with E-state index in [2.05, 4.69) is 15.0 Å². The molecule has 9 nitrogen and oxygen atoms in total. The van der Waals surface area contributed by atoms with Gasteiger partial charge in [0.25, 0.3) is 0 Å². The molecule has 2 aliphatic rings. The minimum absolute atomic E-state index is 0.103. The van der Waals surface area contributed by atoms with Gasteiger partial charge in [-0.1, -0.05) is 13.8 Å². The summed E-state index contributed by atoms with van der Waals surface area (Å²) in [5.74, 6) is -0.00555. The molecule has 10 heteroatoms. The summed E-state index contributed by atoms with van der Waals surface area (Å²) in [4.78, 5) is 30.8. The fraction of sp³-hybridized carbons (Fsp3) is 0.833. The number of amides is 2. The van der Waals surface area contributed by atoms with Gasteiger partial charge in [-0.05, 0) is 46.5 Å². The van der Waals surface area contributed by atoms with E-state index in [0.29, 0.717) is 18.8 Å². The summed E-state index contributed by atoms with van der Waals surface area (Å²) < 4.78 is 16.4. The predicted molar refractivity (Wildman–Crippen MR) is 107 cm³/mol. The van der Waals surface area contributed by atoms with Gasteiger partial charge >= 0.3 is 13.3 Å². The van der Waals surface area contributed by atoms with Crippen LogP contribution in [0.3, 0.4) is 0 Å². The highest BCUT2D eigenvalue weighted by Crippen LogP contribution is 2.37. The number of nitrogens with two attached hydrogens (primary N) is 1. The second-order valence-electron chi connectivity index (χ2n) is 8.66. The average Bonchev–Trinajstić information content (AvgIpc) is 3.13. The van der Waals surface area contributed by atoms with Crippen LogP contribution in [0.5, 0.6) is 0 Å². The Hall–Kier alpha value is -1.81. The van der Waals surface area contributed by atoms with E-state index in [1.807, 2.05) is 41.5 Å². The molecule has 3 N–H and O–H groups in total. The minimum Gasteiger partial charge on any atom is -0.453 e. The van der Waals surface area contributed by atoms with E-state index in [9.17, 15) is 9.59 Å². The van der Waals surface area contributed by atoms with E-state index in [4.69, 9.17) is 15.0 Å². The van der Waals surface area contributed by atoms with Gasteiger partial charge in [-0.2, -0.15) is 0 Å². The quantitative estimate of drug-likeness (QED) is 0.411. The number of amidine groups is 1. The molecule has 28 heavy (non-hydrogen) atoms. The molecule has 0 bridgehead atoms. The number of carbonyl (C=O) groups excluding carboxylic acids is 2. The molecular weight excluding hydrogens is 363 g/mol. The molecule has 2 saturated heterocycles. The number of hydrogen-bond donors (Lipinski definition) is 2. The summed E-state index contributed by atoms with van der Waals surface area (Å²) in [7, 11) is 0.460. The van der Waals surface area contributed by atoms with Crippen molar-refractivity contribution in [1.82, 2.24) is 10.2 Å². The Kier molecular flexibility index (Phi) is 6.65. The topological polar surface area (TPSA) is 115 Å². The molecule has 0 aliphatic carbocycles. The van der Waals surface area contributed by atoms with Crippen molar-refractivity contribution in [1.29, 1.82) is 0 Å². The molecule has 2 fully saturated rings. The molecule has 158 valence electrons. The Bertz CT molecular complexity index is 621. The number of methoxy groups -OCH3 is 1. The summed E-state index contributed by atoms with van der Waals surface area (Å²) in [6, 6.07) is -1.05. The van der Waals surface area contributed by atoms with E-state index in [0.717, 1.165) is 6.42 Å². The zero-order valence-corrected chi connectivity index (χ0v) is 17.9. The first-order valence-corrected chi connectivity index (χ1v) is 9.73. The fourth-order valence-electron chi connectivity index (χ4n) is 3.29. The molecule has 0 saturated carbocycles. The molecule has 2 amide bonds. The zero-order chi connectivity index (χ0) is 21.3. The smallest absolute Gasteiger partial charge is 0.453 e. The first kappa shape index (κ1) is 22.5. The minimum atomic E-state index is -0.809. The van der Waals surface area contributed by atoms with Crippen LogP contribution in [0, 0.1) is 5.92 Å². The summed E-state index contributed by atoms with van der Waals surface area (Å²) in [5, 5.41) is 2.61. The monoisotopic (exact) mass is 396 g/mol. The van der Waals surface area contributed by atoms with Crippen LogP contribution in [-0.2, 0) is 18.8 Å². The summed E-state index contributed by atoms with van der Waals surface area (Å²) in [6.07, 6.45) is 0.865. The summed E-state index contributed by atoms with van der Waals surface area (Å²) in [5.41, 5.74) is 5.22. The van der Waals surface area contributed by atoms with E-state index >= 15 is 0 Å². The number of likely N-dealkylation sites (tertiary alicyclic amines) is 1. The van der Waals surface area contributed by atoms with Crippen LogP contribution in [0.1, 0.15) is 54.4 Å². The summed E-state index contributed by atoms with van der Waals surface area (Å²) >= 11 is 0. The molecule has 0 aromatic rings. The molecule has 2 aliphatic heterocycles. The number of alkyl carbamates (subject to hydrolysis) is 1. The van der Waals surface area contributed by atoms with E-state index in [1.165, 1.54) is 7.11 Å². The van der Waals surface area contributed by atoms with Crippen LogP contribution >= 0.6 is 0 Å². The largest absolute Gasteiger partial charge is 0.614 e. The number of rotatable bonds is 5. The number of nitrogens with zero attached hydrogens (tertiary/aromatic N) is 2. The van der Waals surface area contributed by atoms with Gasteiger partial charge in [0.05, 0.1) is 24.4 Å². The van der Waals surface area contributed by atoms with E-state index in [-0.39, 0.29) is 17.9 Å². The highest BCUT2D eigenvalue weighted by atomic mass is 16.7. The second kappa shape index (κ2) is 8.28. The highest BCUT2D eigenvalue weighted by molar-refractivity contribution is 6.45. The van der Waals surface area contributed by atoms with Crippen LogP contribution in [0.15, 0.2) is 4.90 Å². The van der Waals surface area contributed by atoms with Crippen molar-refractivity contribution in [3.63, 3.8) is 0 Å². The SMILES string of the molecule is COC(=O)N[C@H](C(=O)N1CCC[C@H]1/C(N)=N/B1OC(C)(C)C(C)(C)O1)C(C)C. The van der Waals surface area contributed by atoms with Crippen molar-refractivity contribution in [3.05, 3.63) is 0 Å². The van der Waals surface area contributed by atoms with Gasteiger partial charge in [0.1, 0.15) is 11.9 Å². The third-order valence-electron chi connectivity index (χ3n) is 5.76. The van der Waals surface area contributed by atoms with Crippen LogP contribution < -0.4 is 11.1 Å². The van der Waals surface area contributed by atoms with Gasteiger partial charge in [-0.3, -0.25) is 9.70 Å². The lowest BCUT2D eigenvalue weighted by Crippen LogP contribution is -2.54. The molecule has 2 rings (SSSR count). The molecule has 0 aromatic carbocycles. The van der Waals surface area contributed by atoms with Crippen LogP contribution in [0.4, 0.5) is 4.79 Å². The Morgan fingerprint density at radius 1 is 1.25 bits per heavy atom. The first-order chi connectivity index (χ1) is 12.9. The van der Waals surface area contributed by atoms with Crippen molar-refractivity contribution in [3.8, 4) is 0 Å². The van der Waals surface area contributed by atoms with E-state index < -0.39 is 30.6 Å². The first-order valence-electron chi connectivity index (χ1n) is 9.73. The lowest BCUT2D eigenvalue weighted by molar-refractivity contribution is -0.134. The van der Waals surface area contributed by atoms with Crippen molar-refractivity contribution in [2.24, 2.45) is 16.6 Å². The molecule has 0 spiro atoms. The Morgan fingerprint density at radius 2 is 1.82 bits per heavy atom. The third kappa shape index (κ3) is 4.60. The van der Waals surface area contributed by atoms with Crippen LogP contribution in [0.25, 0.3) is 0 Å². The maximum Gasteiger partial charge on any atom is 0.614 e. The zero-order valence-electron chi connectivity index (χ0n) is 17.9. The van der Waals surface area contributed by atoms with Crippen molar-refractivity contribution < 1.29 is 23.6 Å². The van der Waals surface area contributed by atoms with Gasteiger partial charge in [0.2, 0.25) is 5.91 Å². The molecular formula is C18H33BN4O5. The van der Waals surface area contributed by atoms with Crippen LogP contribution in [-0.4, -0.2) is 66.9 Å². The Labute approximate surface area is 167 Å². The molecule has 2 heterocycles. The van der Waals surface area contributed by atoms with Gasteiger partial charge in [-0.25, -0.2) is 4.79 Å². The normalized spacial score (nSPS) is 25.1. The summed E-state index contributed by atoms with van der Waals surface area (Å²) in [6.45, 7) is 12.0. The molecule has 0 aromatic heterocycles. The van der Waals surface area contributed by atoms with Crippen molar-refractivity contribution in [2.75, 3.05) is 13.7 Å². The molecule has 0 unspecified atom stereocenters. The maximum absolute atomic E-state index is 13.1. The van der Waals surface area contributed by atoms with E-state index in [1.54, 1.807) is 4.90 Å². The number of hydrogen-bond acceptors (Lipinski definition) is 6. The lowest BCUT2D eigenvalue weighted by atomic mass is 9.90. The average molecular weight is 396 g/mol. The lowest BCUT2D eigenvalue weighted by Gasteiger charge is -2.32. The highest BCUT2D eigenvalue weighted by Gasteiger charge is 2.52. The fourth-order valence-corrected chi connectivity index (χ4v) is 3.29. The predicted octanol–water partition coefficient (Wildman–Crippen LogP) is 1.30. The number of ether oxygens (including phenoxy) is 1. The van der Waals surface area contributed by atoms with Gasteiger partial charge in [0.15, 0.2) is 0 Å². The Morgan fingerprint density at radius 3 is 2.32 bits per heavy atom. The van der Waals surface area contributed by atoms with Crippen molar-refractivity contribution >= 4 is 25.1 Å². The third-order valence-corrected chi connectivity index (χ3v) is 5.76. The van der Waals surface area contributed by atoms with Gasteiger partial charge in [-0.15, -0.1) is 0 Å². The Balaban J connectivity index is 2.15. The molecule has 2 atom stereocenters. The van der Waals surface area contributed by atoms with Gasteiger partial charge < -0.3 is 30.0 Å². The van der Waals surface area contributed by atoms with Crippen LogP contribution in [0.2, 0.25) is 0 Å². The standard InChI is InChI=1S/C18H33BN4O5/c1-11(2)13(21-16(25)26-7)15(24)23-10-8-9-12(23)14(20)22-19-27-17(3,4)18(5,6)28-19/h11-13H,8-10H2,1-7H3,(H2,20,22)(H,21,25)/t12-,13-/m0/s1. The number of carbonyl (C=O) groups is 2. The number of nitrogens with one attached hydrogen (secondary N) is 1. The second-order valence-corrected chi connectivity index (χ2v) is 8.66. The van der Waals surface area contributed by atoms with Gasteiger partial charge in [0, 0.05) is 6.54 Å².